The van der Waals surface area contributed by atoms with Crippen molar-refractivity contribution >= 4 is 23.2 Å². The van der Waals surface area contributed by atoms with Crippen LogP contribution in [0.3, 0.4) is 0 Å². The van der Waals surface area contributed by atoms with Gasteiger partial charge in [0.1, 0.15) is 0 Å². The number of hydrogen-bond acceptors (Lipinski definition) is 1. The number of benzene rings is 2. The SMILES string of the molecule is NCc1cccc(-c2cc(Cl)ccc2Cl)c1. The maximum Gasteiger partial charge on any atom is 0.0485 e. The van der Waals surface area contributed by atoms with Crippen molar-refractivity contribution in [2.75, 3.05) is 0 Å². The van der Waals surface area contributed by atoms with Crippen LogP contribution < -0.4 is 5.73 Å². The third-order valence-corrected chi connectivity index (χ3v) is 2.97. The molecule has 0 unspecified atom stereocenters. The second-order valence-electron chi connectivity index (χ2n) is 3.53. The van der Waals surface area contributed by atoms with E-state index in [0.717, 1.165) is 16.7 Å². The van der Waals surface area contributed by atoms with E-state index in [2.05, 4.69) is 0 Å². The topological polar surface area (TPSA) is 26.0 Å². The molecule has 0 aromatic heterocycles. The van der Waals surface area contributed by atoms with Crippen molar-refractivity contribution in [2.24, 2.45) is 5.73 Å². The molecule has 2 aromatic rings. The Bertz CT molecular complexity index is 509. The van der Waals surface area contributed by atoms with Crippen LogP contribution in [0.5, 0.6) is 0 Å². The molecule has 1 nitrogen and oxygen atoms in total. The van der Waals surface area contributed by atoms with Crippen molar-refractivity contribution in [1.29, 1.82) is 0 Å². The number of rotatable bonds is 2. The highest BCUT2D eigenvalue weighted by molar-refractivity contribution is 6.35. The lowest BCUT2D eigenvalue weighted by molar-refractivity contribution is 1.07. The van der Waals surface area contributed by atoms with Gasteiger partial charge in [-0.25, -0.2) is 0 Å². The Labute approximate surface area is 105 Å². The number of hydrogen-bond donors (Lipinski definition) is 1. The molecule has 0 aliphatic rings. The van der Waals surface area contributed by atoms with Crippen molar-refractivity contribution in [3.63, 3.8) is 0 Å². The Morgan fingerprint density at radius 3 is 2.56 bits per heavy atom. The summed E-state index contributed by atoms with van der Waals surface area (Å²) in [5, 5.41) is 1.37. The lowest BCUT2D eigenvalue weighted by Crippen LogP contribution is -1.95. The quantitative estimate of drug-likeness (QED) is 0.854. The van der Waals surface area contributed by atoms with Gasteiger partial charge in [-0.05, 0) is 35.4 Å². The molecule has 0 spiro atoms. The predicted octanol–water partition coefficient (Wildman–Crippen LogP) is 4.12. The predicted molar refractivity (Wildman–Crippen MR) is 69.8 cm³/mol. The zero-order valence-corrected chi connectivity index (χ0v) is 10.1. The molecule has 0 saturated heterocycles. The Balaban J connectivity index is 2.53. The van der Waals surface area contributed by atoms with Gasteiger partial charge in [0, 0.05) is 22.2 Å². The highest BCUT2D eigenvalue weighted by Gasteiger charge is 2.04. The van der Waals surface area contributed by atoms with E-state index in [1.54, 1.807) is 12.1 Å². The van der Waals surface area contributed by atoms with E-state index in [1.807, 2.05) is 30.3 Å². The van der Waals surface area contributed by atoms with Crippen LogP contribution in [0.4, 0.5) is 0 Å². The molecule has 0 aliphatic carbocycles. The standard InChI is InChI=1S/C13H11Cl2N/c14-11-4-5-13(15)12(7-11)10-3-1-2-9(6-10)8-16/h1-7H,8,16H2. The number of halogens is 2. The first kappa shape index (κ1) is 11.5. The summed E-state index contributed by atoms with van der Waals surface area (Å²) in [6, 6.07) is 13.4. The largest absolute Gasteiger partial charge is 0.326 e. The van der Waals surface area contributed by atoms with Gasteiger partial charge < -0.3 is 5.73 Å². The van der Waals surface area contributed by atoms with Crippen LogP contribution in [-0.4, -0.2) is 0 Å². The Morgan fingerprint density at radius 1 is 1.00 bits per heavy atom. The molecule has 0 bridgehead atoms. The first-order chi connectivity index (χ1) is 7.70. The van der Waals surface area contributed by atoms with Crippen molar-refractivity contribution in [3.05, 3.63) is 58.1 Å². The van der Waals surface area contributed by atoms with Gasteiger partial charge in [-0.15, -0.1) is 0 Å². The van der Waals surface area contributed by atoms with Crippen molar-refractivity contribution in [3.8, 4) is 11.1 Å². The summed E-state index contributed by atoms with van der Waals surface area (Å²) >= 11 is 12.1. The van der Waals surface area contributed by atoms with Crippen molar-refractivity contribution in [2.45, 2.75) is 6.54 Å². The fourth-order valence-corrected chi connectivity index (χ4v) is 1.98. The molecule has 82 valence electrons. The van der Waals surface area contributed by atoms with Crippen LogP contribution in [0.1, 0.15) is 5.56 Å². The van der Waals surface area contributed by atoms with E-state index in [9.17, 15) is 0 Å². The van der Waals surface area contributed by atoms with Crippen LogP contribution in [0.15, 0.2) is 42.5 Å². The van der Waals surface area contributed by atoms with Gasteiger partial charge in [0.25, 0.3) is 0 Å². The third kappa shape index (κ3) is 2.38. The van der Waals surface area contributed by atoms with Gasteiger partial charge in [0.2, 0.25) is 0 Å². The second-order valence-corrected chi connectivity index (χ2v) is 4.37. The van der Waals surface area contributed by atoms with Crippen LogP contribution in [0, 0.1) is 0 Å². The monoisotopic (exact) mass is 251 g/mol. The minimum atomic E-state index is 0.520. The molecular weight excluding hydrogens is 241 g/mol. The van der Waals surface area contributed by atoms with E-state index in [0.29, 0.717) is 16.6 Å². The Kier molecular flexibility index (Phi) is 3.49. The fourth-order valence-electron chi connectivity index (χ4n) is 1.58. The van der Waals surface area contributed by atoms with E-state index in [1.165, 1.54) is 0 Å². The minimum absolute atomic E-state index is 0.520. The summed E-state index contributed by atoms with van der Waals surface area (Å²) in [4.78, 5) is 0. The van der Waals surface area contributed by atoms with E-state index in [4.69, 9.17) is 28.9 Å². The van der Waals surface area contributed by atoms with Gasteiger partial charge in [-0.3, -0.25) is 0 Å². The molecule has 0 radical (unpaired) electrons. The fraction of sp³-hybridized carbons (Fsp3) is 0.0769. The van der Waals surface area contributed by atoms with Gasteiger partial charge in [0.15, 0.2) is 0 Å². The second kappa shape index (κ2) is 4.88. The molecule has 0 aliphatic heterocycles. The normalized spacial score (nSPS) is 10.4. The molecule has 2 aromatic carbocycles. The summed E-state index contributed by atoms with van der Waals surface area (Å²) in [5.41, 5.74) is 8.66. The lowest BCUT2D eigenvalue weighted by Gasteiger charge is -2.06. The van der Waals surface area contributed by atoms with Gasteiger partial charge in [-0.1, -0.05) is 41.4 Å². The molecule has 0 amide bonds. The Morgan fingerprint density at radius 2 is 1.81 bits per heavy atom. The van der Waals surface area contributed by atoms with Gasteiger partial charge in [0.05, 0.1) is 0 Å². The molecular formula is C13H11Cl2N. The first-order valence-corrected chi connectivity index (χ1v) is 5.71. The zero-order chi connectivity index (χ0) is 11.5. The van der Waals surface area contributed by atoms with Crippen molar-refractivity contribution < 1.29 is 0 Å². The van der Waals surface area contributed by atoms with Crippen LogP contribution in [0.25, 0.3) is 11.1 Å². The highest BCUT2D eigenvalue weighted by Crippen LogP contribution is 2.30. The van der Waals surface area contributed by atoms with Gasteiger partial charge in [-0.2, -0.15) is 0 Å². The Hall–Kier alpha value is -1.02. The zero-order valence-electron chi connectivity index (χ0n) is 8.58. The summed E-state index contributed by atoms with van der Waals surface area (Å²) in [6.07, 6.45) is 0. The smallest absolute Gasteiger partial charge is 0.0485 e. The highest BCUT2D eigenvalue weighted by atomic mass is 35.5. The maximum atomic E-state index is 6.14. The van der Waals surface area contributed by atoms with Crippen LogP contribution >= 0.6 is 23.2 Å². The molecule has 0 saturated carbocycles. The average Bonchev–Trinajstić information content (AvgIpc) is 2.32. The molecule has 3 heteroatoms. The van der Waals surface area contributed by atoms with Crippen molar-refractivity contribution in [1.82, 2.24) is 0 Å². The van der Waals surface area contributed by atoms with E-state index < -0.39 is 0 Å². The van der Waals surface area contributed by atoms with Gasteiger partial charge >= 0.3 is 0 Å². The minimum Gasteiger partial charge on any atom is -0.326 e. The molecule has 2 rings (SSSR count). The van der Waals surface area contributed by atoms with Crippen LogP contribution in [0.2, 0.25) is 10.0 Å². The number of nitrogens with two attached hydrogens (primary N) is 1. The summed E-state index contributed by atoms with van der Waals surface area (Å²) < 4.78 is 0. The summed E-state index contributed by atoms with van der Waals surface area (Å²) in [5.74, 6) is 0. The molecule has 16 heavy (non-hydrogen) atoms. The molecule has 0 atom stereocenters. The molecule has 0 heterocycles. The average molecular weight is 252 g/mol. The first-order valence-electron chi connectivity index (χ1n) is 4.95. The third-order valence-electron chi connectivity index (χ3n) is 2.40. The molecule has 0 fully saturated rings. The lowest BCUT2D eigenvalue weighted by atomic mass is 10.0. The van der Waals surface area contributed by atoms with E-state index in [-0.39, 0.29) is 0 Å². The molecule has 2 N–H and O–H groups in total. The summed E-state index contributed by atoms with van der Waals surface area (Å²) in [7, 11) is 0. The maximum absolute atomic E-state index is 6.14. The van der Waals surface area contributed by atoms with E-state index >= 15 is 0 Å². The van der Waals surface area contributed by atoms with Crippen LogP contribution in [-0.2, 0) is 6.54 Å². The summed E-state index contributed by atoms with van der Waals surface area (Å²) in [6.45, 7) is 0.520.